The fourth-order valence-corrected chi connectivity index (χ4v) is 11.4. The molecule has 4 amide bonds. The minimum Gasteiger partial charge on any atom is -0.467 e. The van der Waals surface area contributed by atoms with Crippen LogP contribution in [0.5, 0.6) is 0 Å². The number of hydrogen-bond acceptors (Lipinski definition) is 18. The van der Waals surface area contributed by atoms with Crippen LogP contribution in [0, 0.1) is 23.7 Å². The van der Waals surface area contributed by atoms with Crippen molar-refractivity contribution in [1.82, 2.24) is 49.3 Å². The van der Waals surface area contributed by atoms with Gasteiger partial charge in [0.15, 0.2) is 0 Å². The number of nitrogens with zero attached hydrogens (tertiary/aromatic N) is 10. The molecule has 0 saturated carbocycles. The largest absolute Gasteiger partial charge is 0.467 e. The summed E-state index contributed by atoms with van der Waals surface area (Å²) < 4.78 is 33.8. The lowest BCUT2D eigenvalue weighted by atomic mass is 9.91. The maximum absolute atomic E-state index is 14.5. The third kappa shape index (κ3) is 20.9. The molecule has 2 unspecified atom stereocenters. The molecule has 4 aliphatic rings. The van der Waals surface area contributed by atoms with Crippen molar-refractivity contribution in [2.24, 2.45) is 23.7 Å². The molecule has 2 N–H and O–H groups in total. The van der Waals surface area contributed by atoms with Crippen LogP contribution >= 0.6 is 0 Å². The molecule has 0 radical (unpaired) electrons. The van der Waals surface area contributed by atoms with E-state index in [0.717, 1.165) is 63.6 Å². The lowest BCUT2D eigenvalue weighted by molar-refractivity contribution is -0.0105. The van der Waals surface area contributed by atoms with Gasteiger partial charge in [0.25, 0.3) is 11.8 Å². The first-order valence-corrected chi connectivity index (χ1v) is 31.8. The average molecular weight is 1230 g/mol. The van der Waals surface area contributed by atoms with Crippen molar-refractivity contribution >= 4 is 35.6 Å². The number of rotatable bonds is 18. The predicted molar refractivity (Wildman–Crippen MR) is 339 cm³/mol. The Morgan fingerprint density at radius 1 is 0.568 bits per heavy atom. The van der Waals surface area contributed by atoms with E-state index in [1.54, 1.807) is 34.7 Å². The summed E-state index contributed by atoms with van der Waals surface area (Å²) in [6.45, 7) is 43.8. The quantitative estimate of drug-likeness (QED) is 0.0944. The first-order chi connectivity index (χ1) is 41.4. The van der Waals surface area contributed by atoms with Crippen LogP contribution in [0.1, 0.15) is 168 Å². The topological polar surface area (TPSA) is 227 Å². The van der Waals surface area contributed by atoms with Gasteiger partial charge in [0.05, 0.1) is 64.1 Å². The number of morpholine rings is 2. The first-order valence-electron chi connectivity index (χ1n) is 31.8. The van der Waals surface area contributed by atoms with Crippen LogP contribution in [0.15, 0.2) is 58.0 Å². The number of carbonyl (C=O) groups excluding carboxylic acids is 4. The van der Waals surface area contributed by atoms with Crippen molar-refractivity contribution in [3.05, 3.63) is 83.5 Å². The van der Waals surface area contributed by atoms with E-state index in [4.69, 9.17) is 37.7 Å². The fourth-order valence-electron chi connectivity index (χ4n) is 11.4. The van der Waals surface area contributed by atoms with E-state index in [2.05, 4.69) is 58.1 Å². The number of furan rings is 2. The Balaban J connectivity index is 0.000000251. The summed E-state index contributed by atoms with van der Waals surface area (Å²) in [5.41, 5.74) is -1.02. The third-order valence-corrected chi connectivity index (χ3v) is 15.5. The highest BCUT2D eigenvalue weighted by atomic mass is 16.6. The highest BCUT2D eigenvalue weighted by molar-refractivity contribution is 5.99. The number of anilines is 2. The molecule has 0 bridgehead atoms. The highest BCUT2D eigenvalue weighted by Gasteiger charge is 2.41. The number of nitrogens with one attached hydrogen (secondary N) is 2. The number of aromatic nitrogens is 4. The van der Waals surface area contributed by atoms with Crippen molar-refractivity contribution in [2.75, 3.05) is 116 Å². The maximum atomic E-state index is 14.5. The van der Waals surface area contributed by atoms with Gasteiger partial charge in [-0.15, -0.1) is 0 Å². The standard InChI is InChI=1S/2C33H52N6O5/c2*1-23(2)19-39(29(40)27-18-35-30(32(3,4)5)36-28(27)34-17-26-10-9-13-43-26)25-16-24(20-37-11-14-42-15-12-37)21-38(22-25)31(41)44-33(6,7)8/h2*9-10,13,18,23-25H,11-12,14-17,19-22H2,1-8H3,(H,34,35,36)/t2*24-,25?/m10/s1. The number of likely N-dealkylation sites (tertiary alicyclic amines) is 2. The molecule has 4 saturated heterocycles. The minimum atomic E-state index is -0.613. The van der Waals surface area contributed by atoms with Crippen LogP contribution in [0.3, 0.4) is 0 Å². The number of piperidine rings is 2. The zero-order valence-corrected chi connectivity index (χ0v) is 55.8. The molecular weight excluding hydrogens is 1120 g/mol. The predicted octanol–water partition coefficient (Wildman–Crippen LogP) is 10.1. The second kappa shape index (κ2) is 30.4. The lowest BCUT2D eigenvalue weighted by Crippen LogP contribution is -2.57. The molecule has 488 valence electrons. The van der Waals surface area contributed by atoms with Crippen molar-refractivity contribution in [2.45, 2.75) is 171 Å². The number of hydrogen-bond donors (Lipinski definition) is 2. The monoisotopic (exact) mass is 1220 g/mol. The van der Waals surface area contributed by atoms with Gasteiger partial charge in [-0.3, -0.25) is 19.4 Å². The molecule has 22 nitrogen and oxygen atoms in total. The SMILES string of the molecule is CC(C)CN(C(=O)c1cnc(C(C)(C)C)nc1NCc1ccco1)C1C[C@@H](CN2CCOCC2)CN(C(=O)OC(C)(C)C)C1.CC(C)CN(C(=O)c1cnc(C(C)(C)C)nc1NCc1ccco1)C1C[C@H](CN2CCOCC2)CN(C(=O)OC(C)(C)C)C1. The Morgan fingerprint density at radius 3 is 1.24 bits per heavy atom. The van der Waals surface area contributed by atoms with Crippen LogP contribution < -0.4 is 10.6 Å². The first kappa shape index (κ1) is 69.1. The maximum Gasteiger partial charge on any atom is 0.410 e. The Bertz CT molecular complexity index is 2650. The number of amides is 4. The van der Waals surface area contributed by atoms with Crippen molar-refractivity contribution < 1.29 is 47.0 Å². The van der Waals surface area contributed by atoms with Gasteiger partial charge in [0.2, 0.25) is 0 Å². The molecular formula is C66H104N12O10. The summed E-state index contributed by atoms with van der Waals surface area (Å²) in [4.78, 5) is 87.1. The Morgan fingerprint density at radius 2 is 0.932 bits per heavy atom. The van der Waals surface area contributed by atoms with E-state index in [1.165, 1.54) is 0 Å². The highest BCUT2D eigenvalue weighted by Crippen LogP contribution is 2.32. The van der Waals surface area contributed by atoms with Gasteiger partial charge in [-0.2, -0.15) is 0 Å². The van der Waals surface area contributed by atoms with Gasteiger partial charge in [-0.1, -0.05) is 69.2 Å². The zero-order chi connectivity index (χ0) is 64.1. The minimum absolute atomic E-state index is 0.151. The summed E-state index contributed by atoms with van der Waals surface area (Å²) in [6.07, 6.45) is 7.42. The molecule has 22 heteroatoms. The van der Waals surface area contributed by atoms with Gasteiger partial charge < -0.3 is 58.0 Å². The molecule has 4 aromatic rings. The third-order valence-electron chi connectivity index (χ3n) is 15.5. The molecule has 0 aliphatic carbocycles. The van der Waals surface area contributed by atoms with E-state index in [-0.39, 0.29) is 70.6 Å². The lowest BCUT2D eigenvalue weighted by Gasteiger charge is -2.44. The van der Waals surface area contributed by atoms with Gasteiger partial charge in [0, 0.05) is 102 Å². The van der Waals surface area contributed by atoms with E-state index >= 15 is 0 Å². The Hall–Kier alpha value is -6.36. The smallest absolute Gasteiger partial charge is 0.410 e. The molecule has 4 aromatic heterocycles. The van der Waals surface area contributed by atoms with Gasteiger partial charge >= 0.3 is 12.2 Å². The molecule has 0 spiro atoms. The van der Waals surface area contributed by atoms with Crippen LogP contribution in [0.4, 0.5) is 21.2 Å². The summed E-state index contributed by atoms with van der Waals surface area (Å²) >= 11 is 0. The van der Waals surface area contributed by atoms with Crippen LogP contribution in [0.25, 0.3) is 0 Å². The fraction of sp³-hybridized carbons (Fsp3) is 0.697. The van der Waals surface area contributed by atoms with E-state index in [1.807, 2.05) is 117 Å². The second-order valence-electron chi connectivity index (χ2n) is 29.1. The van der Waals surface area contributed by atoms with E-state index in [0.29, 0.717) is 113 Å². The molecule has 0 aromatic carbocycles. The second-order valence-corrected chi connectivity index (χ2v) is 29.1. The van der Waals surface area contributed by atoms with Crippen LogP contribution in [-0.4, -0.2) is 202 Å². The van der Waals surface area contributed by atoms with Crippen molar-refractivity contribution in [3.8, 4) is 0 Å². The Kier molecular flexibility index (Phi) is 23.9. The normalized spacial score (nSPS) is 20.1. The van der Waals surface area contributed by atoms with Gasteiger partial charge in [-0.05, 0) is 102 Å². The summed E-state index contributed by atoms with van der Waals surface area (Å²) in [7, 11) is 0. The Labute approximate surface area is 523 Å². The van der Waals surface area contributed by atoms with Crippen molar-refractivity contribution in [1.29, 1.82) is 0 Å². The van der Waals surface area contributed by atoms with E-state index in [9.17, 15) is 19.2 Å². The van der Waals surface area contributed by atoms with Crippen LogP contribution in [0.2, 0.25) is 0 Å². The summed E-state index contributed by atoms with van der Waals surface area (Å²) in [5.74, 6) is 4.20. The summed E-state index contributed by atoms with van der Waals surface area (Å²) in [6, 6.07) is 7.04. The molecule has 4 aliphatic heterocycles. The molecule has 4 atom stereocenters. The van der Waals surface area contributed by atoms with Gasteiger partial charge in [0.1, 0.15) is 57.1 Å². The number of ether oxygens (including phenoxy) is 4. The molecule has 8 heterocycles. The van der Waals surface area contributed by atoms with Crippen LogP contribution in [-0.2, 0) is 42.9 Å². The van der Waals surface area contributed by atoms with E-state index < -0.39 is 11.2 Å². The van der Waals surface area contributed by atoms with Crippen molar-refractivity contribution in [3.63, 3.8) is 0 Å². The molecule has 88 heavy (non-hydrogen) atoms. The number of carbonyl (C=O) groups is 4. The zero-order valence-electron chi connectivity index (χ0n) is 55.8. The van der Waals surface area contributed by atoms with Gasteiger partial charge in [-0.25, -0.2) is 29.5 Å². The molecule has 4 fully saturated rings. The molecule has 8 rings (SSSR count). The summed E-state index contributed by atoms with van der Waals surface area (Å²) in [5, 5.41) is 6.68. The average Bonchev–Trinajstić information content (AvgIpc) is 3.07.